The van der Waals surface area contributed by atoms with Crippen LogP contribution in [0.3, 0.4) is 0 Å². The number of hydrogen-bond acceptors (Lipinski definition) is 9. The predicted molar refractivity (Wildman–Crippen MR) is 141 cm³/mol. The Morgan fingerprint density at radius 2 is 2.03 bits per heavy atom. The molecule has 1 aromatic carbocycles. The Morgan fingerprint density at radius 1 is 1.34 bits per heavy atom. The lowest BCUT2D eigenvalue weighted by atomic mass is 9.70. The molecule has 4 atom stereocenters. The normalized spacial score (nSPS) is 23.6. The molecule has 0 radical (unpaired) electrons. The van der Waals surface area contributed by atoms with Crippen LogP contribution < -0.4 is 5.73 Å². The Balaban J connectivity index is 1.83. The zero-order chi connectivity index (χ0) is 28.1. The predicted octanol–water partition coefficient (Wildman–Crippen LogP) is 1.46. The second-order valence-corrected chi connectivity index (χ2v) is 12.3. The summed E-state index contributed by atoms with van der Waals surface area (Å²) in [5, 5.41) is 24.7. The number of oxime groups is 1. The number of carbonyl (C=O) groups excluding carboxylic acids is 2. The first-order valence-corrected chi connectivity index (χ1v) is 14.1. The molecule has 3 rings (SSSR count). The molecule has 0 saturated carbocycles. The van der Waals surface area contributed by atoms with E-state index in [4.69, 9.17) is 15.3 Å². The van der Waals surface area contributed by atoms with Crippen LogP contribution in [0, 0.1) is 5.41 Å². The number of aliphatic hydroxyl groups is 1. The smallest absolute Gasteiger partial charge is 0.267 e. The van der Waals surface area contributed by atoms with Crippen molar-refractivity contribution in [3.63, 3.8) is 0 Å². The second-order valence-electron chi connectivity index (χ2n) is 9.83. The van der Waals surface area contributed by atoms with Gasteiger partial charge < -0.3 is 20.4 Å². The van der Waals surface area contributed by atoms with E-state index in [1.165, 1.54) is 14.0 Å². The zero-order valence-corrected chi connectivity index (χ0v) is 22.6. The Labute approximate surface area is 222 Å². The van der Waals surface area contributed by atoms with Gasteiger partial charge >= 0.3 is 0 Å². The number of nitrogens with two attached hydrogens (primary N) is 1. The van der Waals surface area contributed by atoms with Gasteiger partial charge in [-0.25, -0.2) is 13.5 Å². The first-order valence-electron chi connectivity index (χ1n) is 12.2. The van der Waals surface area contributed by atoms with Gasteiger partial charge in [0.1, 0.15) is 6.10 Å². The van der Waals surface area contributed by atoms with Crippen LogP contribution in [0.1, 0.15) is 38.2 Å². The monoisotopic (exact) mass is 549 g/mol. The lowest BCUT2D eigenvalue weighted by Gasteiger charge is -2.38. The van der Waals surface area contributed by atoms with Crippen molar-refractivity contribution >= 4 is 32.9 Å². The number of nitrogens with zero attached hydrogens (tertiary/aromatic N) is 2. The van der Waals surface area contributed by atoms with Gasteiger partial charge in [0.05, 0.1) is 30.4 Å². The van der Waals surface area contributed by atoms with Crippen molar-refractivity contribution < 1.29 is 37.9 Å². The molecule has 0 saturated heterocycles. The molecule has 1 aliphatic heterocycles. The third-order valence-electron chi connectivity index (χ3n) is 7.31. The summed E-state index contributed by atoms with van der Waals surface area (Å²) in [4.78, 5) is 29.7. The summed E-state index contributed by atoms with van der Waals surface area (Å²) >= 11 is 0. The number of amides is 2. The molecule has 0 aromatic heterocycles. The van der Waals surface area contributed by atoms with Crippen LogP contribution in [-0.2, 0) is 29.0 Å². The van der Waals surface area contributed by atoms with Crippen LogP contribution >= 0.6 is 0 Å². The van der Waals surface area contributed by atoms with Crippen molar-refractivity contribution in [1.82, 2.24) is 5.06 Å². The molecule has 1 aliphatic carbocycles. The van der Waals surface area contributed by atoms with Crippen LogP contribution in [0.2, 0.25) is 0 Å². The minimum atomic E-state index is -4.04. The van der Waals surface area contributed by atoms with Gasteiger partial charge in [0.2, 0.25) is 5.91 Å². The molecule has 0 bridgehead atoms. The fraction of sp³-hybridized carbons (Fsp3) is 0.500. The van der Waals surface area contributed by atoms with Gasteiger partial charge in [-0.15, -0.1) is 0 Å². The SMILES string of the molecule is CO[C@@H](CO)C1(C2=NO[C@@H](C[C@](C)(C(=O)N(O)CCC(N)=O)S(C)(=O)=O)C2)C=CC(c2ccccc2)=CC1. The zero-order valence-electron chi connectivity index (χ0n) is 21.7. The third kappa shape index (κ3) is 5.98. The van der Waals surface area contributed by atoms with Crippen molar-refractivity contribution in [3.8, 4) is 0 Å². The van der Waals surface area contributed by atoms with Gasteiger partial charge in [-0.1, -0.05) is 53.7 Å². The topological polar surface area (TPSA) is 169 Å². The fourth-order valence-electron chi connectivity index (χ4n) is 4.82. The highest BCUT2D eigenvalue weighted by atomic mass is 32.2. The largest absolute Gasteiger partial charge is 0.394 e. The molecule has 1 unspecified atom stereocenters. The number of carbonyl (C=O) groups is 2. The van der Waals surface area contributed by atoms with Gasteiger partial charge in [-0.05, 0) is 24.5 Å². The van der Waals surface area contributed by atoms with Crippen molar-refractivity contribution in [2.24, 2.45) is 16.3 Å². The van der Waals surface area contributed by atoms with E-state index in [2.05, 4.69) is 5.16 Å². The highest BCUT2D eigenvalue weighted by molar-refractivity contribution is 7.92. The van der Waals surface area contributed by atoms with E-state index >= 15 is 0 Å². The minimum absolute atomic E-state index is 0.170. The number of methoxy groups -OCH3 is 1. The molecule has 4 N–H and O–H groups in total. The quantitative estimate of drug-likeness (QED) is 0.260. The van der Waals surface area contributed by atoms with E-state index in [1.54, 1.807) is 0 Å². The summed E-state index contributed by atoms with van der Waals surface area (Å²) in [5.74, 6) is -1.84. The van der Waals surface area contributed by atoms with E-state index in [0.717, 1.165) is 17.4 Å². The molecule has 208 valence electrons. The molecule has 2 amide bonds. The number of hydroxylamine groups is 2. The van der Waals surface area contributed by atoms with E-state index < -0.39 is 50.6 Å². The van der Waals surface area contributed by atoms with E-state index in [0.29, 0.717) is 12.1 Å². The van der Waals surface area contributed by atoms with Crippen LogP contribution in [-0.4, -0.2) is 84.8 Å². The molecule has 0 spiro atoms. The Hall–Kier alpha value is -3.06. The first-order chi connectivity index (χ1) is 17.9. The molecular formula is C26H35N3O8S. The summed E-state index contributed by atoms with van der Waals surface area (Å²) in [7, 11) is -2.55. The van der Waals surface area contributed by atoms with Crippen molar-refractivity contribution in [1.29, 1.82) is 0 Å². The number of aliphatic hydroxyl groups excluding tert-OH is 1. The molecule has 1 aromatic rings. The van der Waals surface area contributed by atoms with E-state index in [1.807, 2.05) is 48.6 Å². The van der Waals surface area contributed by atoms with Crippen molar-refractivity contribution in [3.05, 3.63) is 54.1 Å². The number of ether oxygens (including phenoxy) is 1. The molecule has 38 heavy (non-hydrogen) atoms. The minimum Gasteiger partial charge on any atom is -0.394 e. The lowest BCUT2D eigenvalue weighted by Crippen LogP contribution is -2.53. The molecular weight excluding hydrogens is 514 g/mol. The maximum absolute atomic E-state index is 13.0. The number of allylic oxidation sites excluding steroid dienone is 3. The third-order valence-corrected chi connectivity index (χ3v) is 9.29. The molecule has 2 aliphatic rings. The molecule has 11 nitrogen and oxygen atoms in total. The number of benzene rings is 1. The number of rotatable bonds is 12. The summed E-state index contributed by atoms with van der Waals surface area (Å²) < 4.78 is 29.0. The fourth-order valence-corrected chi connectivity index (χ4v) is 5.73. The number of sulfone groups is 1. The molecule has 12 heteroatoms. The van der Waals surface area contributed by atoms with Crippen molar-refractivity contribution in [2.75, 3.05) is 26.5 Å². The average molecular weight is 550 g/mol. The van der Waals surface area contributed by atoms with Crippen molar-refractivity contribution in [2.45, 2.75) is 49.6 Å². The summed E-state index contributed by atoms with van der Waals surface area (Å²) in [6.45, 7) is 0.469. The summed E-state index contributed by atoms with van der Waals surface area (Å²) in [6, 6.07) is 9.80. The first kappa shape index (κ1) is 29.5. The maximum atomic E-state index is 13.0. The standard InChI is InChI=1S/C26H35N3O8S/c1-25(38(3,34)35,24(32)29(33)14-11-23(27)31)16-20-15-21(28-37-20)26(22(17-30)36-2)12-9-19(10-13-26)18-7-5-4-6-8-18/h4-10,12,20,22,30,33H,11,13-17H2,1-3H3,(H2,27,31)/t20-,22+,25-,26?/m1/s1. The van der Waals surface area contributed by atoms with Gasteiger partial charge in [0.15, 0.2) is 14.6 Å². The maximum Gasteiger partial charge on any atom is 0.267 e. The highest BCUT2D eigenvalue weighted by Gasteiger charge is 2.51. The highest BCUT2D eigenvalue weighted by Crippen LogP contribution is 2.43. The van der Waals surface area contributed by atoms with Crippen LogP contribution in [0.4, 0.5) is 0 Å². The van der Waals surface area contributed by atoms with Crippen LogP contribution in [0.15, 0.2) is 53.7 Å². The molecule has 1 heterocycles. The Kier molecular flexibility index (Phi) is 9.13. The average Bonchev–Trinajstić information content (AvgIpc) is 3.36. The number of primary amides is 1. The van der Waals surface area contributed by atoms with Gasteiger partial charge in [-0.3, -0.25) is 14.8 Å². The Bertz CT molecular complexity index is 1230. The van der Waals surface area contributed by atoms with Gasteiger partial charge in [-0.2, -0.15) is 0 Å². The lowest BCUT2D eigenvalue weighted by molar-refractivity contribution is -0.169. The summed E-state index contributed by atoms with van der Waals surface area (Å²) in [5.41, 5.74) is 6.80. The second kappa shape index (κ2) is 11.8. The van der Waals surface area contributed by atoms with E-state index in [9.17, 15) is 28.3 Å². The van der Waals surface area contributed by atoms with Crippen LogP contribution in [0.25, 0.3) is 5.57 Å². The summed E-state index contributed by atoms with van der Waals surface area (Å²) in [6.07, 6.45) is 5.31. The van der Waals surface area contributed by atoms with Crippen LogP contribution in [0.5, 0.6) is 0 Å². The van der Waals surface area contributed by atoms with Gasteiger partial charge in [0, 0.05) is 32.6 Å². The molecule has 0 fully saturated rings. The van der Waals surface area contributed by atoms with Gasteiger partial charge in [0.25, 0.3) is 5.91 Å². The number of hydrogen-bond donors (Lipinski definition) is 3. The Morgan fingerprint density at radius 3 is 2.55 bits per heavy atom. The van der Waals surface area contributed by atoms with E-state index in [-0.39, 0.29) is 30.9 Å².